The first kappa shape index (κ1) is 19.2. The second kappa shape index (κ2) is 9.36. The van der Waals surface area contributed by atoms with E-state index in [9.17, 15) is 9.59 Å². The van der Waals surface area contributed by atoms with E-state index < -0.39 is 6.04 Å². The zero-order chi connectivity index (χ0) is 19.1. The Balaban J connectivity index is 1.77. The van der Waals surface area contributed by atoms with Gasteiger partial charge in [-0.15, -0.1) is 0 Å². The molecule has 142 valence electrons. The van der Waals surface area contributed by atoms with Crippen LogP contribution >= 0.6 is 0 Å². The minimum Gasteiger partial charge on any atom is -0.327 e. The highest BCUT2D eigenvalue weighted by atomic mass is 16.2. The third-order valence-corrected chi connectivity index (χ3v) is 5.08. The van der Waals surface area contributed by atoms with Crippen LogP contribution in [0.5, 0.6) is 0 Å². The normalized spacial score (nSPS) is 15.4. The van der Waals surface area contributed by atoms with E-state index in [0.29, 0.717) is 13.0 Å². The molecular formula is C23H28N2O2. The fraction of sp³-hybridized carbons (Fsp3) is 0.391. The Labute approximate surface area is 161 Å². The van der Waals surface area contributed by atoms with Crippen molar-refractivity contribution in [2.24, 2.45) is 0 Å². The standard InChI is InChI=1S/C23H28N2O2/c1-2-3-9-18-13-15-20(16-14-18)24-23(27)22(19-10-5-4-6-11-19)25-17-8-7-12-21(25)26/h4-6,10-11,13-16,22H,2-3,7-9,12,17H2,1H3,(H,24,27). The molecule has 1 heterocycles. The van der Waals surface area contributed by atoms with E-state index in [1.54, 1.807) is 4.90 Å². The quantitative estimate of drug-likeness (QED) is 0.773. The summed E-state index contributed by atoms with van der Waals surface area (Å²) in [5.74, 6) is -0.0991. The van der Waals surface area contributed by atoms with Crippen molar-refractivity contribution < 1.29 is 9.59 Å². The fourth-order valence-corrected chi connectivity index (χ4v) is 3.55. The highest BCUT2D eigenvalue weighted by Crippen LogP contribution is 2.27. The van der Waals surface area contributed by atoms with Crippen LogP contribution in [-0.2, 0) is 16.0 Å². The number of anilines is 1. The van der Waals surface area contributed by atoms with Crippen molar-refractivity contribution in [1.29, 1.82) is 0 Å². The second-order valence-corrected chi connectivity index (χ2v) is 7.15. The van der Waals surface area contributed by atoms with Crippen LogP contribution in [0.1, 0.15) is 56.2 Å². The summed E-state index contributed by atoms with van der Waals surface area (Å²) in [5, 5.41) is 3.01. The molecule has 1 saturated heterocycles. The molecule has 0 saturated carbocycles. The first-order valence-electron chi connectivity index (χ1n) is 9.93. The molecule has 4 nitrogen and oxygen atoms in total. The van der Waals surface area contributed by atoms with Crippen molar-refractivity contribution in [2.45, 2.75) is 51.5 Å². The number of hydrogen-bond donors (Lipinski definition) is 1. The smallest absolute Gasteiger partial charge is 0.251 e. The summed E-state index contributed by atoms with van der Waals surface area (Å²) in [6.07, 6.45) is 5.74. The molecule has 0 spiro atoms. The SMILES string of the molecule is CCCCc1ccc(NC(=O)C(c2ccccc2)N2CCCCC2=O)cc1. The Hall–Kier alpha value is -2.62. The van der Waals surface area contributed by atoms with Gasteiger partial charge in [0.1, 0.15) is 6.04 Å². The Morgan fingerprint density at radius 1 is 1.07 bits per heavy atom. The van der Waals surface area contributed by atoms with Crippen LogP contribution in [0.4, 0.5) is 5.69 Å². The summed E-state index contributed by atoms with van der Waals surface area (Å²) < 4.78 is 0. The maximum absolute atomic E-state index is 13.1. The Kier molecular flexibility index (Phi) is 6.64. The number of hydrogen-bond acceptors (Lipinski definition) is 2. The van der Waals surface area contributed by atoms with Crippen LogP contribution in [0.25, 0.3) is 0 Å². The lowest BCUT2D eigenvalue weighted by atomic mass is 10.00. The van der Waals surface area contributed by atoms with E-state index in [-0.39, 0.29) is 11.8 Å². The van der Waals surface area contributed by atoms with Gasteiger partial charge in [0.05, 0.1) is 0 Å². The molecule has 0 aliphatic carbocycles. The molecule has 3 rings (SSSR count). The van der Waals surface area contributed by atoms with Crippen molar-refractivity contribution >= 4 is 17.5 Å². The molecule has 27 heavy (non-hydrogen) atoms. The highest BCUT2D eigenvalue weighted by Gasteiger charge is 2.32. The van der Waals surface area contributed by atoms with E-state index in [2.05, 4.69) is 24.4 Å². The summed E-state index contributed by atoms with van der Waals surface area (Å²) in [7, 11) is 0. The predicted molar refractivity (Wildman–Crippen MR) is 108 cm³/mol. The molecule has 1 fully saturated rings. The minimum absolute atomic E-state index is 0.0557. The third kappa shape index (κ3) is 4.97. The van der Waals surface area contributed by atoms with E-state index in [4.69, 9.17) is 0 Å². The number of rotatable bonds is 7. The van der Waals surface area contributed by atoms with E-state index in [1.807, 2.05) is 42.5 Å². The van der Waals surface area contributed by atoms with Crippen LogP contribution < -0.4 is 5.32 Å². The molecule has 0 bridgehead atoms. The molecule has 1 aliphatic rings. The maximum Gasteiger partial charge on any atom is 0.251 e. The highest BCUT2D eigenvalue weighted by molar-refractivity contribution is 5.98. The zero-order valence-electron chi connectivity index (χ0n) is 16.0. The van der Waals surface area contributed by atoms with Crippen LogP contribution in [0.3, 0.4) is 0 Å². The molecule has 0 aromatic heterocycles. The number of unbranched alkanes of at least 4 members (excludes halogenated alkanes) is 1. The topological polar surface area (TPSA) is 49.4 Å². The molecule has 2 amide bonds. The number of piperidine rings is 1. The number of amides is 2. The Morgan fingerprint density at radius 3 is 2.48 bits per heavy atom. The largest absolute Gasteiger partial charge is 0.327 e. The van der Waals surface area contributed by atoms with Gasteiger partial charge in [0.2, 0.25) is 5.91 Å². The molecule has 4 heteroatoms. The summed E-state index contributed by atoms with van der Waals surface area (Å²) in [5.41, 5.74) is 2.90. The molecule has 2 aromatic carbocycles. The lowest BCUT2D eigenvalue weighted by Crippen LogP contribution is -2.43. The second-order valence-electron chi connectivity index (χ2n) is 7.15. The lowest BCUT2D eigenvalue weighted by molar-refractivity contribution is -0.141. The number of nitrogens with one attached hydrogen (secondary N) is 1. The molecule has 0 radical (unpaired) electrons. The van der Waals surface area contributed by atoms with Gasteiger partial charge in [-0.25, -0.2) is 0 Å². The fourth-order valence-electron chi connectivity index (χ4n) is 3.55. The van der Waals surface area contributed by atoms with Gasteiger partial charge in [0, 0.05) is 18.7 Å². The summed E-state index contributed by atoms with van der Waals surface area (Å²) in [6.45, 7) is 2.81. The van der Waals surface area contributed by atoms with Gasteiger partial charge in [-0.3, -0.25) is 9.59 Å². The van der Waals surface area contributed by atoms with E-state index in [1.165, 1.54) is 18.4 Å². The van der Waals surface area contributed by atoms with Crippen molar-refractivity contribution in [2.75, 3.05) is 11.9 Å². The molecule has 1 atom stereocenters. The van der Waals surface area contributed by atoms with Crippen LogP contribution in [0, 0.1) is 0 Å². The molecule has 1 aliphatic heterocycles. The van der Waals surface area contributed by atoms with Gasteiger partial charge < -0.3 is 10.2 Å². The van der Waals surface area contributed by atoms with Gasteiger partial charge >= 0.3 is 0 Å². The lowest BCUT2D eigenvalue weighted by Gasteiger charge is -2.34. The van der Waals surface area contributed by atoms with E-state index >= 15 is 0 Å². The minimum atomic E-state index is -0.584. The Morgan fingerprint density at radius 2 is 1.81 bits per heavy atom. The molecule has 1 N–H and O–H groups in total. The van der Waals surface area contributed by atoms with Crippen molar-refractivity contribution in [3.8, 4) is 0 Å². The van der Waals surface area contributed by atoms with E-state index in [0.717, 1.165) is 30.5 Å². The number of likely N-dealkylation sites (tertiary alicyclic amines) is 1. The third-order valence-electron chi connectivity index (χ3n) is 5.08. The summed E-state index contributed by atoms with van der Waals surface area (Å²) in [4.78, 5) is 27.3. The average molecular weight is 364 g/mol. The molecule has 2 aromatic rings. The Bertz CT molecular complexity index is 756. The first-order chi connectivity index (χ1) is 13.2. The van der Waals surface area contributed by atoms with Gasteiger partial charge in [-0.1, -0.05) is 55.8 Å². The summed E-state index contributed by atoms with van der Waals surface area (Å²) >= 11 is 0. The van der Waals surface area contributed by atoms with Gasteiger partial charge in [-0.2, -0.15) is 0 Å². The maximum atomic E-state index is 13.1. The van der Waals surface area contributed by atoms with Gasteiger partial charge in [0.15, 0.2) is 0 Å². The zero-order valence-corrected chi connectivity index (χ0v) is 16.0. The first-order valence-corrected chi connectivity index (χ1v) is 9.93. The van der Waals surface area contributed by atoms with Gasteiger partial charge in [0.25, 0.3) is 5.91 Å². The number of nitrogens with zero attached hydrogens (tertiary/aromatic N) is 1. The van der Waals surface area contributed by atoms with Crippen LogP contribution in [-0.4, -0.2) is 23.3 Å². The number of carbonyl (C=O) groups is 2. The van der Waals surface area contributed by atoms with Crippen LogP contribution in [0.2, 0.25) is 0 Å². The molecular weight excluding hydrogens is 336 g/mol. The molecule has 1 unspecified atom stereocenters. The summed E-state index contributed by atoms with van der Waals surface area (Å²) in [6, 6.07) is 17.0. The van der Waals surface area contributed by atoms with Crippen molar-refractivity contribution in [3.05, 3.63) is 65.7 Å². The number of aryl methyl sites for hydroxylation is 1. The number of carbonyl (C=O) groups excluding carboxylic acids is 2. The number of benzene rings is 2. The van der Waals surface area contributed by atoms with Crippen molar-refractivity contribution in [3.63, 3.8) is 0 Å². The average Bonchev–Trinajstić information content (AvgIpc) is 2.70. The van der Waals surface area contributed by atoms with Gasteiger partial charge in [-0.05, 0) is 48.9 Å². The monoisotopic (exact) mass is 364 g/mol. The van der Waals surface area contributed by atoms with Crippen LogP contribution in [0.15, 0.2) is 54.6 Å². The van der Waals surface area contributed by atoms with Crippen molar-refractivity contribution in [1.82, 2.24) is 4.90 Å². The predicted octanol–water partition coefficient (Wildman–Crippen LogP) is 4.72.